The highest BCUT2D eigenvalue weighted by Crippen LogP contribution is 2.18. The minimum atomic E-state index is 0.373. The first-order valence-electron chi connectivity index (χ1n) is 7.43. The molecule has 0 amide bonds. The van der Waals surface area contributed by atoms with Crippen LogP contribution in [-0.4, -0.2) is 35.7 Å². The van der Waals surface area contributed by atoms with Crippen LogP contribution < -0.4 is 5.32 Å². The van der Waals surface area contributed by atoms with Gasteiger partial charge >= 0.3 is 0 Å². The molecule has 0 fully saturated rings. The number of aromatic nitrogens is 2. The molecule has 1 unspecified atom stereocenters. The largest absolute Gasteiger partial charge is 0.311 e. The maximum absolute atomic E-state index is 4.24. The van der Waals surface area contributed by atoms with Gasteiger partial charge in [-0.05, 0) is 40.4 Å². The van der Waals surface area contributed by atoms with Crippen molar-refractivity contribution < 1.29 is 0 Å². The normalized spacial score (nSPS) is 12.9. The van der Waals surface area contributed by atoms with Gasteiger partial charge in [0.1, 0.15) is 0 Å². The topological polar surface area (TPSA) is 44.0 Å². The van der Waals surface area contributed by atoms with Crippen LogP contribution in [0.1, 0.15) is 34.1 Å². The molecule has 0 saturated carbocycles. The van der Waals surface area contributed by atoms with E-state index in [9.17, 15) is 0 Å². The molecule has 4 heteroatoms. The maximum atomic E-state index is 4.24. The summed E-state index contributed by atoms with van der Waals surface area (Å²) < 4.78 is 0. The van der Waals surface area contributed by atoms with Crippen LogP contribution in [0.3, 0.4) is 0 Å². The number of nitrogens with zero attached hydrogens (tertiary/aromatic N) is 2. The van der Waals surface area contributed by atoms with E-state index in [0.29, 0.717) is 6.04 Å². The van der Waals surface area contributed by atoms with Gasteiger partial charge in [0.25, 0.3) is 0 Å². The molecule has 2 rings (SSSR count). The molecule has 0 aliphatic rings. The fraction of sp³-hybridized carbons (Fsp3) is 0.471. The highest BCUT2D eigenvalue weighted by Gasteiger charge is 2.14. The van der Waals surface area contributed by atoms with Crippen molar-refractivity contribution in [2.75, 3.05) is 20.6 Å². The molecule has 2 aromatic rings. The lowest BCUT2D eigenvalue weighted by molar-refractivity contribution is 0.288. The summed E-state index contributed by atoms with van der Waals surface area (Å²) >= 11 is 0. The molecule has 1 atom stereocenters. The fourth-order valence-corrected chi connectivity index (χ4v) is 2.56. The number of aryl methyl sites for hydroxylation is 3. The van der Waals surface area contributed by atoms with E-state index in [-0.39, 0.29) is 0 Å². The molecule has 0 radical (unpaired) electrons. The zero-order valence-corrected chi connectivity index (χ0v) is 13.7. The Bertz CT molecular complexity index is 549. The van der Waals surface area contributed by atoms with Gasteiger partial charge in [0.15, 0.2) is 0 Å². The molecule has 114 valence electrons. The van der Waals surface area contributed by atoms with E-state index in [1.807, 2.05) is 6.92 Å². The SMILES string of the molecule is Cc1ccc(C(CNCc2c(C)n[nH]c2C)N(C)C)cc1. The summed E-state index contributed by atoms with van der Waals surface area (Å²) in [6, 6.07) is 9.16. The van der Waals surface area contributed by atoms with Gasteiger partial charge in [-0.1, -0.05) is 29.8 Å². The second kappa shape index (κ2) is 6.87. The average molecular weight is 286 g/mol. The first kappa shape index (κ1) is 15.7. The first-order chi connectivity index (χ1) is 9.99. The zero-order chi connectivity index (χ0) is 15.4. The predicted octanol–water partition coefficient (Wildman–Crippen LogP) is 2.73. The van der Waals surface area contributed by atoms with Crippen molar-refractivity contribution in [3.63, 3.8) is 0 Å². The standard InChI is InChI=1S/C17H26N4/c1-12-6-8-15(9-7-12)17(21(4)5)11-18-10-16-13(2)19-20-14(16)3/h6-9,17-18H,10-11H2,1-5H3,(H,19,20). The van der Waals surface area contributed by atoms with Gasteiger partial charge < -0.3 is 10.2 Å². The molecular formula is C17H26N4. The number of aromatic amines is 1. The minimum absolute atomic E-state index is 0.373. The summed E-state index contributed by atoms with van der Waals surface area (Å²) in [5, 5.41) is 10.8. The van der Waals surface area contributed by atoms with E-state index in [1.165, 1.54) is 16.7 Å². The molecule has 0 saturated heterocycles. The summed E-state index contributed by atoms with van der Waals surface area (Å²) in [5.74, 6) is 0. The summed E-state index contributed by atoms with van der Waals surface area (Å²) in [7, 11) is 4.25. The van der Waals surface area contributed by atoms with Crippen LogP contribution in [0.4, 0.5) is 0 Å². The minimum Gasteiger partial charge on any atom is -0.311 e. The Balaban J connectivity index is 1.99. The predicted molar refractivity (Wildman–Crippen MR) is 87.4 cm³/mol. The third-order valence-electron chi connectivity index (χ3n) is 4.01. The van der Waals surface area contributed by atoms with Gasteiger partial charge in [-0.3, -0.25) is 5.10 Å². The van der Waals surface area contributed by atoms with E-state index in [1.54, 1.807) is 0 Å². The highest BCUT2D eigenvalue weighted by atomic mass is 15.1. The van der Waals surface area contributed by atoms with Crippen LogP contribution in [0.2, 0.25) is 0 Å². The Morgan fingerprint density at radius 3 is 2.33 bits per heavy atom. The monoisotopic (exact) mass is 286 g/mol. The number of rotatable bonds is 6. The summed E-state index contributed by atoms with van der Waals surface area (Å²) in [4.78, 5) is 2.26. The molecule has 2 N–H and O–H groups in total. The molecule has 0 aliphatic heterocycles. The highest BCUT2D eigenvalue weighted by molar-refractivity contribution is 5.25. The third-order valence-corrected chi connectivity index (χ3v) is 4.01. The Labute approximate surface area is 127 Å². The van der Waals surface area contributed by atoms with Crippen LogP contribution in [0.15, 0.2) is 24.3 Å². The van der Waals surface area contributed by atoms with Crippen LogP contribution in [0, 0.1) is 20.8 Å². The second-order valence-electron chi connectivity index (χ2n) is 5.93. The number of nitrogens with one attached hydrogen (secondary N) is 2. The molecule has 1 heterocycles. The number of hydrogen-bond donors (Lipinski definition) is 2. The quantitative estimate of drug-likeness (QED) is 0.858. The van der Waals surface area contributed by atoms with Crippen molar-refractivity contribution in [2.24, 2.45) is 0 Å². The fourth-order valence-electron chi connectivity index (χ4n) is 2.56. The van der Waals surface area contributed by atoms with Crippen molar-refractivity contribution in [2.45, 2.75) is 33.4 Å². The molecule has 0 spiro atoms. The molecule has 4 nitrogen and oxygen atoms in total. The summed E-state index contributed by atoms with van der Waals surface area (Å²) in [5.41, 5.74) is 6.15. The lowest BCUT2D eigenvalue weighted by Crippen LogP contribution is -2.31. The lowest BCUT2D eigenvalue weighted by Gasteiger charge is -2.25. The molecular weight excluding hydrogens is 260 g/mol. The van der Waals surface area contributed by atoms with Crippen molar-refractivity contribution in [1.82, 2.24) is 20.4 Å². The van der Waals surface area contributed by atoms with Crippen LogP contribution in [0.25, 0.3) is 0 Å². The van der Waals surface area contributed by atoms with E-state index in [2.05, 4.69) is 72.6 Å². The van der Waals surface area contributed by atoms with Crippen molar-refractivity contribution >= 4 is 0 Å². The van der Waals surface area contributed by atoms with E-state index < -0.39 is 0 Å². The van der Waals surface area contributed by atoms with E-state index in [0.717, 1.165) is 24.5 Å². The second-order valence-corrected chi connectivity index (χ2v) is 5.93. The van der Waals surface area contributed by atoms with Gasteiger partial charge in [0.05, 0.1) is 5.69 Å². The van der Waals surface area contributed by atoms with Gasteiger partial charge in [0.2, 0.25) is 0 Å². The maximum Gasteiger partial charge on any atom is 0.0638 e. The smallest absolute Gasteiger partial charge is 0.0638 e. The number of H-pyrrole nitrogens is 1. The molecule has 0 bridgehead atoms. The molecule has 0 aliphatic carbocycles. The average Bonchev–Trinajstić information content (AvgIpc) is 2.76. The lowest BCUT2D eigenvalue weighted by atomic mass is 10.0. The Hall–Kier alpha value is -1.65. The number of benzene rings is 1. The Kier molecular flexibility index (Phi) is 5.15. The van der Waals surface area contributed by atoms with Crippen molar-refractivity contribution in [1.29, 1.82) is 0 Å². The van der Waals surface area contributed by atoms with E-state index in [4.69, 9.17) is 0 Å². The molecule has 1 aromatic carbocycles. The van der Waals surface area contributed by atoms with Crippen LogP contribution in [0.5, 0.6) is 0 Å². The van der Waals surface area contributed by atoms with Crippen LogP contribution in [-0.2, 0) is 6.54 Å². The Morgan fingerprint density at radius 1 is 1.14 bits per heavy atom. The van der Waals surface area contributed by atoms with Crippen LogP contribution >= 0.6 is 0 Å². The van der Waals surface area contributed by atoms with Gasteiger partial charge in [-0.2, -0.15) is 5.10 Å². The first-order valence-corrected chi connectivity index (χ1v) is 7.43. The van der Waals surface area contributed by atoms with E-state index >= 15 is 0 Å². The zero-order valence-electron chi connectivity index (χ0n) is 13.7. The molecule has 1 aromatic heterocycles. The molecule has 21 heavy (non-hydrogen) atoms. The van der Waals surface area contributed by atoms with Gasteiger partial charge in [-0.15, -0.1) is 0 Å². The van der Waals surface area contributed by atoms with Gasteiger partial charge in [-0.25, -0.2) is 0 Å². The van der Waals surface area contributed by atoms with Gasteiger partial charge in [0, 0.05) is 30.4 Å². The Morgan fingerprint density at radius 2 is 1.81 bits per heavy atom. The summed E-state index contributed by atoms with van der Waals surface area (Å²) in [6.07, 6.45) is 0. The summed E-state index contributed by atoms with van der Waals surface area (Å²) in [6.45, 7) is 8.01. The third kappa shape index (κ3) is 3.93. The number of likely N-dealkylation sites (N-methyl/N-ethyl adjacent to an activating group) is 1. The number of hydrogen-bond acceptors (Lipinski definition) is 3. The van der Waals surface area contributed by atoms with Crippen molar-refractivity contribution in [3.8, 4) is 0 Å². The van der Waals surface area contributed by atoms with Crippen molar-refractivity contribution in [3.05, 3.63) is 52.3 Å².